The zero-order valence-corrected chi connectivity index (χ0v) is 10.2. The van der Waals surface area contributed by atoms with Crippen LogP contribution in [0.3, 0.4) is 0 Å². The van der Waals surface area contributed by atoms with E-state index in [1.54, 1.807) is 12.1 Å². The predicted octanol–water partition coefficient (Wildman–Crippen LogP) is 2.67. The summed E-state index contributed by atoms with van der Waals surface area (Å²) in [5.41, 5.74) is 1.26. The quantitative estimate of drug-likeness (QED) is 0.748. The molecule has 0 amide bonds. The molecule has 0 bridgehead atoms. The average Bonchev–Trinajstić information content (AvgIpc) is 2.82. The monoisotopic (exact) mass is 235 g/mol. The molecule has 2 nitrogen and oxygen atoms in total. The molecule has 0 N–H and O–H groups in total. The first kappa shape index (κ1) is 12.2. The van der Waals surface area contributed by atoms with E-state index in [9.17, 15) is 9.18 Å². The second-order valence-corrected chi connectivity index (χ2v) is 4.57. The summed E-state index contributed by atoms with van der Waals surface area (Å²) in [6, 6.07) is 4.83. The maximum Gasteiger partial charge on any atom is 0.179 e. The molecule has 0 unspecified atom stereocenters. The molecule has 0 aliphatic carbocycles. The van der Waals surface area contributed by atoms with Crippen molar-refractivity contribution >= 4 is 5.78 Å². The van der Waals surface area contributed by atoms with Crippen LogP contribution in [0.4, 0.5) is 4.39 Å². The maximum atomic E-state index is 13.6. The van der Waals surface area contributed by atoms with E-state index < -0.39 is 5.82 Å². The number of ketones is 1. The smallest absolute Gasteiger partial charge is 0.179 e. The molecule has 1 aromatic carbocycles. The lowest BCUT2D eigenvalue weighted by Gasteiger charge is -2.13. The Labute approximate surface area is 101 Å². The van der Waals surface area contributed by atoms with Crippen molar-refractivity contribution in [2.24, 2.45) is 0 Å². The fourth-order valence-corrected chi connectivity index (χ4v) is 2.24. The van der Waals surface area contributed by atoms with Gasteiger partial charge in [0.25, 0.3) is 0 Å². The highest BCUT2D eigenvalue weighted by molar-refractivity contribution is 5.98. The van der Waals surface area contributed by atoms with Crippen LogP contribution in [0.15, 0.2) is 18.2 Å². The molecule has 2 rings (SSSR count). The molecule has 1 aliphatic rings. The van der Waals surface area contributed by atoms with Crippen LogP contribution in [0.25, 0.3) is 0 Å². The van der Waals surface area contributed by atoms with E-state index >= 15 is 0 Å². The van der Waals surface area contributed by atoms with Crippen LogP contribution in [0.5, 0.6) is 0 Å². The molecule has 1 aliphatic heterocycles. The largest absolute Gasteiger partial charge is 0.296 e. The van der Waals surface area contributed by atoms with Gasteiger partial charge in [-0.15, -0.1) is 0 Å². The highest BCUT2D eigenvalue weighted by Crippen LogP contribution is 2.14. The topological polar surface area (TPSA) is 20.3 Å². The maximum absolute atomic E-state index is 13.6. The summed E-state index contributed by atoms with van der Waals surface area (Å²) in [5, 5.41) is 0. The third-order valence-corrected chi connectivity index (χ3v) is 3.31. The molecule has 1 heterocycles. The van der Waals surface area contributed by atoms with E-state index in [1.165, 1.54) is 6.07 Å². The van der Waals surface area contributed by atoms with Crippen molar-refractivity contribution < 1.29 is 9.18 Å². The Bertz CT molecular complexity index is 411. The Kier molecular flexibility index (Phi) is 3.89. The minimum Gasteiger partial charge on any atom is -0.296 e. The molecular formula is C14H18FNO. The molecule has 1 aromatic rings. The van der Waals surface area contributed by atoms with Crippen LogP contribution >= 0.6 is 0 Å². The van der Waals surface area contributed by atoms with Crippen molar-refractivity contribution in [1.29, 1.82) is 0 Å². The molecule has 17 heavy (non-hydrogen) atoms. The molecule has 1 saturated heterocycles. The minimum absolute atomic E-state index is 0.0975. The standard InChI is InChI=1S/C14H18FNO/c1-2-11-5-6-13(15)12(9-11)14(17)10-16-7-3-4-8-16/h5-6,9H,2-4,7-8,10H2,1H3. The lowest BCUT2D eigenvalue weighted by atomic mass is 10.0. The molecule has 1 fully saturated rings. The number of carbonyl (C=O) groups is 1. The van der Waals surface area contributed by atoms with Crippen molar-refractivity contribution in [2.75, 3.05) is 19.6 Å². The Morgan fingerprint density at radius 3 is 2.71 bits per heavy atom. The van der Waals surface area contributed by atoms with Gasteiger partial charge < -0.3 is 0 Å². The normalized spacial score (nSPS) is 16.4. The van der Waals surface area contributed by atoms with Crippen LogP contribution in [0.1, 0.15) is 35.7 Å². The fourth-order valence-electron chi connectivity index (χ4n) is 2.24. The summed E-state index contributed by atoms with van der Waals surface area (Å²) in [6.45, 7) is 4.27. The third-order valence-electron chi connectivity index (χ3n) is 3.31. The van der Waals surface area contributed by atoms with Crippen LogP contribution < -0.4 is 0 Å². The molecule has 0 saturated carbocycles. The molecule has 0 radical (unpaired) electrons. The summed E-state index contributed by atoms with van der Waals surface area (Å²) >= 11 is 0. The first-order chi connectivity index (χ1) is 8.20. The van der Waals surface area contributed by atoms with Gasteiger partial charge in [-0.1, -0.05) is 13.0 Å². The lowest BCUT2D eigenvalue weighted by molar-refractivity contribution is 0.0941. The number of nitrogens with zero attached hydrogens (tertiary/aromatic N) is 1. The second-order valence-electron chi connectivity index (χ2n) is 4.57. The second kappa shape index (κ2) is 5.41. The summed E-state index contributed by atoms with van der Waals surface area (Å²) in [6.07, 6.45) is 3.11. The van der Waals surface area contributed by atoms with Crippen LogP contribution in [0.2, 0.25) is 0 Å². The number of halogens is 1. The number of likely N-dealkylation sites (tertiary alicyclic amines) is 1. The Hall–Kier alpha value is -1.22. The van der Waals surface area contributed by atoms with Crippen molar-refractivity contribution in [3.8, 4) is 0 Å². The van der Waals surface area contributed by atoms with E-state index in [4.69, 9.17) is 0 Å². The molecule has 0 spiro atoms. The zero-order valence-electron chi connectivity index (χ0n) is 10.2. The van der Waals surface area contributed by atoms with Gasteiger partial charge in [0.15, 0.2) is 5.78 Å². The van der Waals surface area contributed by atoms with E-state index in [2.05, 4.69) is 4.90 Å². The molecule has 92 valence electrons. The van der Waals surface area contributed by atoms with Crippen LogP contribution in [-0.2, 0) is 6.42 Å². The van der Waals surface area contributed by atoms with Crippen molar-refractivity contribution in [2.45, 2.75) is 26.2 Å². The van der Waals surface area contributed by atoms with Crippen molar-refractivity contribution in [1.82, 2.24) is 4.90 Å². The Morgan fingerprint density at radius 2 is 2.06 bits per heavy atom. The highest BCUT2D eigenvalue weighted by Gasteiger charge is 2.18. The molecule has 0 aromatic heterocycles. The zero-order chi connectivity index (χ0) is 12.3. The molecular weight excluding hydrogens is 217 g/mol. The van der Waals surface area contributed by atoms with Crippen LogP contribution in [0, 0.1) is 5.82 Å². The Balaban J connectivity index is 2.11. The number of Topliss-reactive ketones (excluding diaryl/α,β-unsaturated/α-hetero) is 1. The molecule has 3 heteroatoms. The first-order valence-electron chi connectivity index (χ1n) is 6.24. The predicted molar refractivity (Wildman–Crippen MR) is 65.8 cm³/mol. The first-order valence-corrected chi connectivity index (χ1v) is 6.24. The summed E-state index contributed by atoms with van der Waals surface area (Å²) in [4.78, 5) is 14.1. The van der Waals surface area contributed by atoms with E-state index in [1.807, 2.05) is 6.92 Å². The minimum atomic E-state index is -0.397. The lowest BCUT2D eigenvalue weighted by Crippen LogP contribution is -2.27. The van der Waals surface area contributed by atoms with Gasteiger partial charge >= 0.3 is 0 Å². The number of hydrogen-bond donors (Lipinski definition) is 0. The highest BCUT2D eigenvalue weighted by atomic mass is 19.1. The van der Waals surface area contributed by atoms with Gasteiger partial charge in [0.1, 0.15) is 5.82 Å². The van der Waals surface area contributed by atoms with E-state index in [0.29, 0.717) is 6.54 Å². The SMILES string of the molecule is CCc1ccc(F)c(C(=O)CN2CCCC2)c1. The number of aryl methyl sites for hydroxylation is 1. The number of rotatable bonds is 4. The fraction of sp³-hybridized carbons (Fsp3) is 0.500. The van der Waals surface area contributed by atoms with Gasteiger partial charge in [0, 0.05) is 0 Å². The number of benzene rings is 1. The van der Waals surface area contributed by atoms with Crippen LogP contribution in [-0.4, -0.2) is 30.3 Å². The number of carbonyl (C=O) groups excluding carboxylic acids is 1. The van der Waals surface area contributed by atoms with Gasteiger partial charge in [-0.3, -0.25) is 9.69 Å². The third kappa shape index (κ3) is 2.91. The van der Waals surface area contributed by atoms with Gasteiger partial charge in [0.05, 0.1) is 12.1 Å². The summed E-state index contributed by atoms with van der Waals surface area (Å²) < 4.78 is 13.6. The van der Waals surface area contributed by atoms with Gasteiger partial charge in [0.2, 0.25) is 0 Å². The van der Waals surface area contributed by atoms with E-state index in [0.717, 1.165) is 37.9 Å². The number of hydrogen-bond acceptors (Lipinski definition) is 2. The average molecular weight is 235 g/mol. The summed E-state index contributed by atoms with van der Waals surface area (Å²) in [5.74, 6) is -0.494. The van der Waals surface area contributed by atoms with Crippen molar-refractivity contribution in [3.63, 3.8) is 0 Å². The molecule has 0 atom stereocenters. The van der Waals surface area contributed by atoms with Gasteiger partial charge in [-0.05, 0) is 50.0 Å². The van der Waals surface area contributed by atoms with Gasteiger partial charge in [-0.25, -0.2) is 4.39 Å². The van der Waals surface area contributed by atoms with E-state index in [-0.39, 0.29) is 11.3 Å². The summed E-state index contributed by atoms with van der Waals surface area (Å²) in [7, 11) is 0. The van der Waals surface area contributed by atoms with Gasteiger partial charge in [-0.2, -0.15) is 0 Å². The van der Waals surface area contributed by atoms with Crippen molar-refractivity contribution in [3.05, 3.63) is 35.1 Å². The Morgan fingerprint density at radius 1 is 1.35 bits per heavy atom.